The maximum atomic E-state index is 11.8. The van der Waals surface area contributed by atoms with Gasteiger partial charge in [0.2, 0.25) is 0 Å². The molecular formula is C14H19BrN2O2. The minimum atomic E-state index is -0.435. The van der Waals surface area contributed by atoms with Crippen molar-refractivity contribution in [3.05, 3.63) is 28.7 Å². The number of ketones is 1. The number of rotatable bonds is 5. The first kappa shape index (κ1) is 15.7. The first-order valence-corrected chi connectivity index (χ1v) is 7.01. The smallest absolute Gasteiger partial charge is 0.319 e. The van der Waals surface area contributed by atoms with E-state index in [9.17, 15) is 9.59 Å². The summed E-state index contributed by atoms with van der Waals surface area (Å²) in [7, 11) is 0. The number of benzene rings is 1. The van der Waals surface area contributed by atoms with E-state index in [4.69, 9.17) is 0 Å². The number of hydrogen-bond acceptors (Lipinski definition) is 2. The van der Waals surface area contributed by atoms with Gasteiger partial charge in [-0.05, 0) is 43.5 Å². The number of anilines is 1. The predicted molar refractivity (Wildman–Crippen MR) is 80.2 cm³/mol. The van der Waals surface area contributed by atoms with Crippen LogP contribution in [0.1, 0.15) is 27.2 Å². The quantitative estimate of drug-likeness (QED) is 0.868. The summed E-state index contributed by atoms with van der Waals surface area (Å²) < 4.78 is 0.944. The van der Waals surface area contributed by atoms with Crippen LogP contribution in [-0.2, 0) is 4.79 Å². The number of halogens is 1. The average Bonchev–Trinajstić information content (AvgIpc) is 2.30. The van der Waals surface area contributed by atoms with Crippen molar-refractivity contribution < 1.29 is 9.59 Å². The Balaban J connectivity index is 2.57. The fraction of sp³-hybridized carbons (Fsp3) is 0.429. The number of amides is 2. The first-order valence-electron chi connectivity index (χ1n) is 6.22. The molecule has 1 aromatic carbocycles. The lowest BCUT2D eigenvalue weighted by molar-refractivity contribution is -0.119. The van der Waals surface area contributed by atoms with Crippen molar-refractivity contribution in [1.29, 1.82) is 0 Å². The van der Waals surface area contributed by atoms with Crippen molar-refractivity contribution in [2.24, 2.45) is 5.92 Å². The molecule has 0 spiro atoms. The molecular weight excluding hydrogens is 308 g/mol. The molecule has 0 saturated carbocycles. The van der Waals surface area contributed by atoms with Gasteiger partial charge in [0, 0.05) is 10.2 Å². The van der Waals surface area contributed by atoms with E-state index in [-0.39, 0.29) is 11.8 Å². The normalized spacial score (nSPS) is 12.1. The van der Waals surface area contributed by atoms with Crippen LogP contribution < -0.4 is 10.6 Å². The second-order valence-electron chi connectivity index (χ2n) is 4.90. The summed E-state index contributed by atoms with van der Waals surface area (Å²) in [5.74, 6) is 0.321. The molecule has 104 valence electrons. The maximum absolute atomic E-state index is 11.8. The molecule has 0 aliphatic rings. The van der Waals surface area contributed by atoms with E-state index >= 15 is 0 Å². The van der Waals surface area contributed by atoms with E-state index in [0.29, 0.717) is 18.0 Å². The lowest BCUT2D eigenvalue weighted by Crippen LogP contribution is -2.42. The highest BCUT2D eigenvalue weighted by atomic mass is 79.9. The Labute approximate surface area is 122 Å². The Morgan fingerprint density at radius 3 is 2.26 bits per heavy atom. The van der Waals surface area contributed by atoms with Gasteiger partial charge in [-0.25, -0.2) is 4.79 Å². The van der Waals surface area contributed by atoms with Gasteiger partial charge in [0.1, 0.15) is 0 Å². The molecule has 0 bridgehead atoms. The van der Waals surface area contributed by atoms with Gasteiger partial charge in [0.05, 0.1) is 6.04 Å². The summed E-state index contributed by atoms with van der Waals surface area (Å²) in [6, 6.07) is 6.46. The van der Waals surface area contributed by atoms with E-state index in [0.717, 1.165) is 4.47 Å². The zero-order chi connectivity index (χ0) is 14.4. The molecule has 5 heteroatoms. The van der Waals surface area contributed by atoms with E-state index in [1.165, 1.54) is 6.92 Å². The predicted octanol–water partition coefficient (Wildman–Crippen LogP) is 3.57. The van der Waals surface area contributed by atoms with Crippen LogP contribution >= 0.6 is 15.9 Å². The fourth-order valence-corrected chi connectivity index (χ4v) is 1.92. The standard InChI is InChI=1S/C14H19BrN2O2/c1-9(2)8-13(10(3)18)17-14(19)16-12-6-4-11(15)5-7-12/h4-7,9,13H,8H2,1-3H3,(H2,16,17,19)/t13-/m0/s1. The highest BCUT2D eigenvalue weighted by Gasteiger charge is 2.18. The molecule has 1 atom stereocenters. The van der Waals surface area contributed by atoms with Gasteiger partial charge in [0.15, 0.2) is 5.78 Å². The number of carbonyl (C=O) groups excluding carboxylic acids is 2. The molecule has 0 aliphatic heterocycles. The molecule has 0 radical (unpaired) electrons. The molecule has 2 amide bonds. The SMILES string of the molecule is CC(=O)[C@H](CC(C)C)NC(=O)Nc1ccc(Br)cc1. The van der Waals surface area contributed by atoms with Crippen LogP contribution in [0.2, 0.25) is 0 Å². The molecule has 1 rings (SSSR count). The van der Waals surface area contributed by atoms with Gasteiger partial charge >= 0.3 is 6.03 Å². The van der Waals surface area contributed by atoms with Crippen LogP contribution in [0.3, 0.4) is 0 Å². The lowest BCUT2D eigenvalue weighted by Gasteiger charge is -2.18. The third kappa shape index (κ3) is 5.87. The topological polar surface area (TPSA) is 58.2 Å². The number of Topliss-reactive ketones (excluding diaryl/α,β-unsaturated/α-hetero) is 1. The van der Waals surface area contributed by atoms with Crippen molar-refractivity contribution in [3.8, 4) is 0 Å². The average molecular weight is 327 g/mol. The summed E-state index contributed by atoms with van der Waals surface area (Å²) in [5, 5.41) is 5.40. The molecule has 0 saturated heterocycles. The van der Waals surface area contributed by atoms with Gasteiger partial charge in [-0.3, -0.25) is 4.79 Å². The Morgan fingerprint density at radius 1 is 1.21 bits per heavy atom. The van der Waals surface area contributed by atoms with Gasteiger partial charge in [-0.1, -0.05) is 29.8 Å². The molecule has 2 N–H and O–H groups in total. The third-order valence-corrected chi connectivity index (χ3v) is 3.13. The van der Waals surface area contributed by atoms with Crippen LogP contribution in [0, 0.1) is 5.92 Å². The second kappa shape index (κ2) is 7.28. The van der Waals surface area contributed by atoms with Crippen molar-refractivity contribution in [2.45, 2.75) is 33.2 Å². The zero-order valence-corrected chi connectivity index (χ0v) is 13.0. The van der Waals surface area contributed by atoms with Crippen LogP contribution in [0.4, 0.5) is 10.5 Å². The Bertz CT molecular complexity index is 443. The molecule has 0 unspecified atom stereocenters. The maximum Gasteiger partial charge on any atom is 0.319 e. The van der Waals surface area contributed by atoms with Crippen LogP contribution in [-0.4, -0.2) is 17.9 Å². The van der Waals surface area contributed by atoms with Crippen molar-refractivity contribution in [2.75, 3.05) is 5.32 Å². The first-order chi connectivity index (χ1) is 8.88. The van der Waals surface area contributed by atoms with Gasteiger partial charge < -0.3 is 10.6 Å². The Morgan fingerprint density at radius 2 is 1.79 bits per heavy atom. The monoisotopic (exact) mass is 326 g/mol. The molecule has 0 aromatic heterocycles. The van der Waals surface area contributed by atoms with E-state index in [2.05, 4.69) is 26.6 Å². The van der Waals surface area contributed by atoms with Gasteiger partial charge in [0.25, 0.3) is 0 Å². The Hall–Kier alpha value is -1.36. The van der Waals surface area contributed by atoms with Crippen molar-refractivity contribution >= 4 is 33.4 Å². The Kier molecular flexibility index (Phi) is 6.02. The van der Waals surface area contributed by atoms with Crippen molar-refractivity contribution in [3.63, 3.8) is 0 Å². The third-order valence-electron chi connectivity index (χ3n) is 2.61. The summed E-state index contributed by atoms with van der Waals surface area (Å²) in [6.07, 6.45) is 0.642. The summed E-state index contributed by atoms with van der Waals surface area (Å²) in [5.41, 5.74) is 0.688. The molecule has 0 fully saturated rings. The zero-order valence-electron chi connectivity index (χ0n) is 11.4. The van der Waals surface area contributed by atoms with Gasteiger partial charge in [-0.2, -0.15) is 0 Å². The minimum absolute atomic E-state index is 0.0281. The second-order valence-corrected chi connectivity index (χ2v) is 5.81. The van der Waals surface area contributed by atoms with Gasteiger partial charge in [-0.15, -0.1) is 0 Å². The summed E-state index contributed by atoms with van der Waals surface area (Å²) in [4.78, 5) is 23.3. The highest BCUT2D eigenvalue weighted by molar-refractivity contribution is 9.10. The summed E-state index contributed by atoms with van der Waals surface area (Å²) in [6.45, 7) is 5.53. The lowest BCUT2D eigenvalue weighted by atomic mass is 10.0. The largest absolute Gasteiger partial charge is 0.328 e. The fourth-order valence-electron chi connectivity index (χ4n) is 1.66. The minimum Gasteiger partial charge on any atom is -0.328 e. The number of nitrogens with one attached hydrogen (secondary N) is 2. The molecule has 4 nitrogen and oxygen atoms in total. The van der Waals surface area contributed by atoms with Crippen LogP contribution in [0.25, 0.3) is 0 Å². The van der Waals surface area contributed by atoms with E-state index in [1.54, 1.807) is 12.1 Å². The number of hydrogen-bond donors (Lipinski definition) is 2. The highest BCUT2D eigenvalue weighted by Crippen LogP contribution is 2.14. The summed E-state index contributed by atoms with van der Waals surface area (Å²) >= 11 is 3.33. The number of urea groups is 1. The van der Waals surface area contributed by atoms with Crippen LogP contribution in [0.5, 0.6) is 0 Å². The van der Waals surface area contributed by atoms with E-state index in [1.807, 2.05) is 26.0 Å². The molecule has 19 heavy (non-hydrogen) atoms. The number of carbonyl (C=O) groups is 2. The van der Waals surface area contributed by atoms with Crippen molar-refractivity contribution in [1.82, 2.24) is 5.32 Å². The molecule has 1 aromatic rings. The molecule has 0 aliphatic carbocycles. The van der Waals surface area contributed by atoms with E-state index < -0.39 is 6.04 Å². The molecule has 0 heterocycles. The van der Waals surface area contributed by atoms with Crippen LogP contribution in [0.15, 0.2) is 28.7 Å².